The average molecular weight is 244 g/mol. The summed E-state index contributed by atoms with van der Waals surface area (Å²) in [5.41, 5.74) is 1.13. The molecule has 0 fully saturated rings. The van der Waals surface area contributed by atoms with Gasteiger partial charge in [-0.25, -0.2) is 4.98 Å². The molecule has 0 aromatic carbocycles. The Hall–Kier alpha value is -0.490. The Balaban J connectivity index is 2.29. The fourth-order valence-corrected chi connectivity index (χ4v) is 2.47. The standard InChI is InChI=1S/C11H20N2O2S/c1-8(12-4-6-15-7-5-14)11-9(2)16-10(3)13-11/h8,12,14H,4-7H2,1-3H3. The van der Waals surface area contributed by atoms with Gasteiger partial charge in [-0.1, -0.05) is 0 Å². The monoisotopic (exact) mass is 244 g/mol. The summed E-state index contributed by atoms with van der Waals surface area (Å²) in [6.07, 6.45) is 0. The lowest BCUT2D eigenvalue weighted by Crippen LogP contribution is -2.24. The molecule has 0 aliphatic carbocycles. The van der Waals surface area contributed by atoms with Crippen LogP contribution in [-0.2, 0) is 4.74 Å². The van der Waals surface area contributed by atoms with Crippen molar-refractivity contribution in [1.82, 2.24) is 10.3 Å². The highest BCUT2D eigenvalue weighted by Crippen LogP contribution is 2.21. The number of rotatable bonds is 7. The number of aryl methyl sites for hydroxylation is 2. The van der Waals surface area contributed by atoms with E-state index in [0.29, 0.717) is 13.2 Å². The highest BCUT2D eigenvalue weighted by molar-refractivity contribution is 7.11. The Kier molecular flexibility index (Phi) is 5.90. The molecule has 1 atom stereocenters. The quantitative estimate of drug-likeness (QED) is 0.712. The van der Waals surface area contributed by atoms with Crippen LogP contribution < -0.4 is 5.32 Å². The molecule has 2 N–H and O–H groups in total. The lowest BCUT2D eigenvalue weighted by molar-refractivity contribution is 0.0928. The van der Waals surface area contributed by atoms with Crippen LogP contribution in [-0.4, -0.2) is 36.5 Å². The van der Waals surface area contributed by atoms with Gasteiger partial charge in [0.1, 0.15) is 0 Å². The van der Waals surface area contributed by atoms with E-state index in [-0.39, 0.29) is 12.6 Å². The van der Waals surface area contributed by atoms with Crippen molar-refractivity contribution in [2.75, 3.05) is 26.4 Å². The van der Waals surface area contributed by atoms with Crippen LogP contribution in [0.25, 0.3) is 0 Å². The molecule has 0 saturated carbocycles. The predicted octanol–water partition coefficient (Wildman–Crippen LogP) is 1.42. The van der Waals surface area contributed by atoms with Crippen LogP contribution in [0.2, 0.25) is 0 Å². The first kappa shape index (κ1) is 13.6. The first-order chi connectivity index (χ1) is 7.65. The molecular weight excluding hydrogens is 224 g/mol. The molecule has 16 heavy (non-hydrogen) atoms. The van der Waals surface area contributed by atoms with E-state index < -0.39 is 0 Å². The predicted molar refractivity (Wildman–Crippen MR) is 65.9 cm³/mol. The van der Waals surface area contributed by atoms with Gasteiger partial charge in [0.2, 0.25) is 0 Å². The van der Waals surface area contributed by atoms with Gasteiger partial charge in [-0.05, 0) is 20.8 Å². The number of aliphatic hydroxyl groups excluding tert-OH is 1. The Morgan fingerprint density at radius 3 is 2.75 bits per heavy atom. The van der Waals surface area contributed by atoms with Crippen LogP contribution >= 0.6 is 11.3 Å². The molecule has 4 nitrogen and oxygen atoms in total. The van der Waals surface area contributed by atoms with Crippen LogP contribution in [0.5, 0.6) is 0 Å². The number of nitrogens with zero attached hydrogens (tertiary/aromatic N) is 1. The molecule has 0 saturated heterocycles. The van der Waals surface area contributed by atoms with E-state index in [1.165, 1.54) is 4.88 Å². The molecule has 0 aliphatic heterocycles. The zero-order valence-corrected chi connectivity index (χ0v) is 10.9. The van der Waals surface area contributed by atoms with Crippen LogP contribution in [0.1, 0.15) is 28.5 Å². The van der Waals surface area contributed by atoms with Crippen molar-refractivity contribution in [1.29, 1.82) is 0 Å². The van der Waals surface area contributed by atoms with Gasteiger partial charge in [-0.2, -0.15) is 0 Å². The van der Waals surface area contributed by atoms with E-state index in [9.17, 15) is 0 Å². The summed E-state index contributed by atoms with van der Waals surface area (Å²) in [6.45, 7) is 8.11. The van der Waals surface area contributed by atoms with Gasteiger partial charge in [0.25, 0.3) is 0 Å². The second-order valence-corrected chi connectivity index (χ2v) is 5.09. The van der Waals surface area contributed by atoms with Crippen molar-refractivity contribution in [3.8, 4) is 0 Å². The topological polar surface area (TPSA) is 54.4 Å². The van der Waals surface area contributed by atoms with Gasteiger partial charge < -0.3 is 15.2 Å². The summed E-state index contributed by atoms with van der Waals surface area (Å²) >= 11 is 1.73. The maximum absolute atomic E-state index is 8.54. The van der Waals surface area contributed by atoms with Gasteiger partial charge in [-0.3, -0.25) is 0 Å². The highest BCUT2D eigenvalue weighted by Gasteiger charge is 2.11. The van der Waals surface area contributed by atoms with Crippen LogP contribution in [0.4, 0.5) is 0 Å². The minimum atomic E-state index is 0.0833. The molecule has 5 heteroatoms. The van der Waals surface area contributed by atoms with Crippen LogP contribution in [0, 0.1) is 13.8 Å². The molecular formula is C11H20N2O2S. The first-order valence-corrected chi connectivity index (χ1v) is 6.32. The summed E-state index contributed by atoms with van der Waals surface area (Å²) in [7, 11) is 0. The molecule has 0 spiro atoms. The zero-order chi connectivity index (χ0) is 12.0. The van der Waals surface area contributed by atoms with Crippen LogP contribution in [0.15, 0.2) is 0 Å². The van der Waals surface area contributed by atoms with Crippen LogP contribution in [0.3, 0.4) is 0 Å². The maximum atomic E-state index is 8.54. The van der Waals surface area contributed by atoms with Gasteiger partial charge in [0.05, 0.1) is 30.5 Å². The molecule has 0 aliphatic rings. The van der Waals surface area contributed by atoms with E-state index in [0.717, 1.165) is 17.2 Å². The van der Waals surface area contributed by atoms with Gasteiger partial charge in [-0.15, -0.1) is 11.3 Å². The number of hydrogen-bond acceptors (Lipinski definition) is 5. The van der Waals surface area contributed by atoms with Crippen molar-refractivity contribution < 1.29 is 9.84 Å². The van der Waals surface area contributed by atoms with Crippen molar-refractivity contribution >= 4 is 11.3 Å². The summed E-state index contributed by atoms with van der Waals surface area (Å²) in [6, 6.07) is 0.252. The average Bonchev–Trinajstić information content (AvgIpc) is 2.57. The number of hydrogen-bond donors (Lipinski definition) is 2. The smallest absolute Gasteiger partial charge is 0.0900 e. The molecule has 1 aromatic heterocycles. The van der Waals surface area contributed by atoms with Crippen molar-refractivity contribution in [2.24, 2.45) is 0 Å². The third kappa shape index (κ3) is 4.17. The minimum Gasteiger partial charge on any atom is -0.394 e. The van der Waals surface area contributed by atoms with Crippen molar-refractivity contribution in [3.63, 3.8) is 0 Å². The van der Waals surface area contributed by atoms with Crippen molar-refractivity contribution in [3.05, 3.63) is 15.6 Å². The molecule has 0 bridgehead atoms. The van der Waals surface area contributed by atoms with E-state index >= 15 is 0 Å². The second kappa shape index (κ2) is 6.96. The first-order valence-electron chi connectivity index (χ1n) is 5.51. The third-order valence-corrected chi connectivity index (χ3v) is 3.18. The summed E-state index contributed by atoms with van der Waals surface area (Å²) < 4.78 is 5.17. The molecule has 1 rings (SSSR count). The van der Waals surface area contributed by atoms with Gasteiger partial charge in [0, 0.05) is 17.5 Å². The SMILES string of the molecule is Cc1nc(C(C)NCCOCCO)c(C)s1. The highest BCUT2D eigenvalue weighted by atomic mass is 32.1. The number of aromatic nitrogens is 1. The molecule has 92 valence electrons. The summed E-state index contributed by atoms with van der Waals surface area (Å²) in [5, 5.41) is 13.0. The fraction of sp³-hybridized carbons (Fsp3) is 0.727. The van der Waals surface area contributed by atoms with E-state index in [1.807, 2.05) is 6.92 Å². The Morgan fingerprint density at radius 1 is 1.44 bits per heavy atom. The summed E-state index contributed by atoms with van der Waals surface area (Å²) in [5.74, 6) is 0. The van der Waals surface area contributed by atoms with Gasteiger partial charge >= 0.3 is 0 Å². The Morgan fingerprint density at radius 2 is 2.19 bits per heavy atom. The summed E-state index contributed by atoms with van der Waals surface area (Å²) in [4.78, 5) is 5.77. The van der Waals surface area contributed by atoms with E-state index in [4.69, 9.17) is 9.84 Å². The number of ether oxygens (including phenoxy) is 1. The minimum absolute atomic E-state index is 0.0833. The van der Waals surface area contributed by atoms with E-state index in [2.05, 4.69) is 24.1 Å². The molecule has 0 radical (unpaired) electrons. The largest absolute Gasteiger partial charge is 0.394 e. The zero-order valence-electron chi connectivity index (χ0n) is 10.1. The second-order valence-electron chi connectivity index (χ2n) is 3.69. The lowest BCUT2D eigenvalue weighted by Gasteiger charge is -2.12. The Bertz CT molecular complexity index is 315. The number of aliphatic hydroxyl groups is 1. The lowest BCUT2D eigenvalue weighted by atomic mass is 10.2. The molecule has 0 amide bonds. The maximum Gasteiger partial charge on any atom is 0.0900 e. The number of thiazole rings is 1. The molecule has 1 unspecified atom stereocenters. The normalized spacial score (nSPS) is 13.0. The fourth-order valence-electron chi connectivity index (χ4n) is 1.56. The third-order valence-electron chi connectivity index (χ3n) is 2.28. The molecule has 1 aromatic rings. The number of nitrogens with one attached hydrogen (secondary N) is 1. The van der Waals surface area contributed by atoms with Gasteiger partial charge in [0.15, 0.2) is 0 Å². The van der Waals surface area contributed by atoms with E-state index in [1.54, 1.807) is 11.3 Å². The molecule has 1 heterocycles. The van der Waals surface area contributed by atoms with Crippen molar-refractivity contribution in [2.45, 2.75) is 26.8 Å². The Labute approximate surface area is 101 Å².